The van der Waals surface area contributed by atoms with Crippen LogP contribution < -0.4 is 10.1 Å². The van der Waals surface area contributed by atoms with Crippen molar-refractivity contribution in [2.75, 3.05) is 5.32 Å². The molecule has 3 rings (SSSR count). The third-order valence-corrected chi connectivity index (χ3v) is 3.60. The number of rotatable bonds is 5. The molecule has 0 radical (unpaired) electrons. The first-order valence-corrected chi connectivity index (χ1v) is 7.62. The van der Waals surface area contributed by atoms with Gasteiger partial charge < -0.3 is 4.74 Å². The van der Waals surface area contributed by atoms with E-state index in [1.807, 2.05) is 37.3 Å². The largest absolute Gasteiger partial charge is 0.473 e. The van der Waals surface area contributed by atoms with Gasteiger partial charge in [0.25, 0.3) is 5.91 Å². The number of carbonyl (C=O) groups is 1. The molecule has 8 heteroatoms. The predicted octanol–water partition coefficient (Wildman–Crippen LogP) is 2.47. The molecule has 0 unspecified atom stereocenters. The molecule has 23 heavy (non-hydrogen) atoms. The summed E-state index contributed by atoms with van der Waals surface area (Å²) in [6.07, 6.45) is 1.29. The van der Waals surface area contributed by atoms with Crippen LogP contribution >= 0.6 is 11.3 Å². The fraction of sp³-hybridized carbons (Fsp3) is 0.133. The molecule has 0 spiro atoms. The van der Waals surface area contributed by atoms with Crippen molar-refractivity contribution >= 4 is 22.4 Å². The Hall–Kier alpha value is -2.87. The predicted molar refractivity (Wildman–Crippen MR) is 85.4 cm³/mol. The number of aryl methyl sites for hydroxylation is 1. The van der Waals surface area contributed by atoms with E-state index >= 15 is 0 Å². The fourth-order valence-corrected chi connectivity index (χ4v) is 2.37. The number of nitrogens with zero attached hydrogens (tertiary/aromatic N) is 4. The van der Waals surface area contributed by atoms with E-state index in [1.54, 1.807) is 0 Å². The molecular formula is C15H13N5O2S. The van der Waals surface area contributed by atoms with Gasteiger partial charge in [0.1, 0.15) is 23.6 Å². The molecule has 0 aliphatic carbocycles. The zero-order valence-electron chi connectivity index (χ0n) is 12.3. The van der Waals surface area contributed by atoms with Gasteiger partial charge in [-0.25, -0.2) is 9.97 Å². The summed E-state index contributed by atoms with van der Waals surface area (Å²) in [5, 5.41) is 11.5. The Kier molecular flexibility index (Phi) is 4.53. The van der Waals surface area contributed by atoms with E-state index in [2.05, 4.69) is 25.5 Å². The molecule has 0 fully saturated rings. The molecule has 0 bridgehead atoms. The van der Waals surface area contributed by atoms with Crippen LogP contribution in [-0.4, -0.2) is 26.1 Å². The Morgan fingerprint density at radius 2 is 2.04 bits per heavy atom. The molecule has 0 aliphatic heterocycles. The minimum atomic E-state index is -0.381. The van der Waals surface area contributed by atoms with E-state index in [9.17, 15) is 4.79 Å². The lowest BCUT2D eigenvalue weighted by molar-refractivity contribution is 0.102. The molecule has 1 N–H and O–H groups in total. The van der Waals surface area contributed by atoms with E-state index < -0.39 is 0 Å². The van der Waals surface area contributed by atoms with Crippen LogP contribution in [-0.2, 0) is 6.61 Å². The van der Waals surface area contributed by atoms with Crippen molar-refractivity contribution in [2.45, 2.75) is 13.5 Å². The van der Waals surface area contributed by atoms with Crippen molar-refractivity contribution in [1.82, 2.24) is 20.2 Å². The first-order chi connectivity index (χ1) is 11.2. The quantitative estimate of drug-likeness (QED) is 0.774. The number of aromatic nitrogens is 4. The standard InChI is InChI=1S/C15H13N5O2S/c1-10-19-20-15(23-10)18-14(21)12-7-13(17-9-16-12)22-8-11-5-3-2-4-6-11/h2-7,9H,8H2,1H3,(H,18,20,21). The number of anilines is 1. The van der Waals surface area contributed by atoms with Crippen LogP contribution in [0.25, 0.3) is 0 Å². The smallest absolute Gasteiger partial charge is 0.276 e. The second-order valence-electron chi connectivity index (χ2n) is 4.60. The maximum absolute atomic E-state index is 12.1. The topological polar surface area (TPSA) is 89.9 Å². The second-order valence-corrected chi connectivity index (χ2v) is 5.78. The third kappa shape index (κ3) is 4.07. The van der Waals surface area contributed by atoms with Crippen LogP contribution in [0.1, 0.15) is 21.1 Å². The number of carbonyl (C=O) groups excluding carboxylic acids is 1. The monoisotopic (exact) mass is 327 g/mol. The van der Waals surface area contributed by atoms with Crippen molar-refractivity contribution < 1.29 is 9.53 Å². The first-order valence-electron chi connectivity index (χ1n) is 6.81. The highest BCUT2D eigenvalue weighted by Gasteiger charge is 2.12. The Balaban J connectivity index is 1.65. The van der Waals surface area contributed by atoms with Crippen LogP contribution in [0.2, 0.25) is 0 Å². The summed E-state index contributed by atoms with van der Waals surface area (Å²) in [7, 11) is 0. The van der Waals surface area contributed by atoms with Crippen LogP contribution in [0.15, 0.2) is 42.7 Å². The molecule has 0 aliphatic rings. The molecule has 3 aromatic rings. The van der Waals surface area contributed by atoms with Crippen molar-refractivity contribution in [3.63, 3.8) is 0 Å². The van der Waals surface area contributed by atoms with Crippen molar-refractivity contribution in [1.29, 1.82) is 0 Å². The average Bonchev–Trinajstić information content (AvgIpc) is 2.99. The summed E-state index contributed by atoms with van der Waals surface area (Å²) in [4.78, 5) is 20.1. The van der Waals surface area contributed by atoms with Gasteiger partial charge in [0, 0.05) is 6.07 Å². The lowest BCUT2D eigenvalue weighted by Crippen LogP contribution is -2.14. The molecule has 116 valence electrons. The molecule has 0 atom stereocenters. The van der Waals surface area contributed by atoms with Gasteiger partial charge in [-0.05, 0) is 12.5 Å². The first kappa shape index (κ1) is 15.0. The summed E-state index contributed by atoms with van der Waals surface area (Å²) < 4.78 is 5.58. The molecule has 2 heterocycles. The van der Waals surface area contributed by atoms with E-state index in [0.29, 0.717) is 17.6 Å². The maximum atomic E-state index is 12.1. The Morgan fingerprint density at radius 3 is 2.78 bits per heavy atom. The van der Waals surface area contributed by atoms with Gasteiger partial charge in [0.2, 0.25) is 11.0 Å². The summed E-state index contributed by atoms with van der Waals surface area (Å²) in [5.74, 6) is -0.0458. The molecule has 1 amide bonds. The van der Waals surface area contributed by atoms with Gasteiger partial charge in [-0.1, -0.05) is 41.7 Å². The molecule has 0 saturated carbocycles. The van der Waals surface area contributed by atoms with Gasteiger partial charge in [-0.3, -0.25) is 10.1 Å². The Bertz CT molecular complexity index is 806. The van der Waals surface area contributed by atoms with Crippen LogP contribution in [0.4, 0.5) is 5.13 Å². The zero-order chi connectivity index (χ0) is 16.1. The molecular weight excluding hydrogens is 314 g/mol. The van der Waals surface area contributed by atoms with Gasteiger partial charge in [-0.15, -0.1) is 10.2 Å². The average molecular weight is 327 g/mol. The number of ether oxygens (including phenoxy) is 1. The minimum absolute atomic E-state index is 0.205. The van der Waals surface area contributed by atoms with E-state index in [4.69, 9.17) is 4.74 Å². The normalized spacial score (nSPS) is 10.3. The molecule has 7 nitrogen and oxygen atoms in total. The summed E-state index contributed by atoms with van der Waals surface area (Å²) in [6, 6.07) is 11.2. The summed E-state index contributed by atoms with van der Waals surface area (Å²) in [5.41, 5.74) is 1.22. The third-order valence-electron chi connectivity index (χ3n) is 2.85. The molecule has 0 saturated heterocycles. The minimum Gasteiger partial charge on any atom is -0.473 e. The zero-order valence-corrected chi connectivity index (χ0v) is 13.1. The van der Waals surface area contributed by atoms with Crippen LogP contribution in [0, 0.1) is 6.92 Å². The lowest BCUT2D eigenvalue weighted by atomic mass is 10.2. The SMILES string of the molecule is Cc1nnc(NC(=O)c2cc(OCc3ccccc3)ncn2)s1. The van der Waals surface area contributed by atoms with Gasteiger partial charge >= 0.3 is 0 Å². The molecule has 1 aromatic carbocycles. The number of nitrogens with one attached hydrogen (secondary N) is 1. The maximum Gasteiger partial charge on any atom is 0.276 e. The Labute approximate surface area is 136 Å². The van der Waals surface area contributed by atoms with Crippen LogP contribution in [0.3, 0.4) is 0 Å². The highest BCUT2D eigenvalue weighted by molar-refractivity contribution is 7.15. The number of hydrogen-bond donors (Lipinski definition) is 1. The summed E-state index contributed by atoms with van der Waals surface area (Å²) >= 11 is 1.29. The fourth-order valence-electron chi connectivity index (χ4n) is 1.78. The van der Waals surface area contributed by atoms with Crippen LogP contribution in [0.5, 0.6) is 5.88 Å². The van der Waals surface area contributed by atoms with Gasteiger partial charge in [0.05, 0.1) is 0 Å². The number of benzene rings is 1. The highest BCUT2D eigenvalue weighted by atomic mass is 32.1. The highest BCUT2D eigenvalue weighted by Crippen LogP contribution is 2.16. The van der Waals surface area contributed by atoms with E-state index in [0.717, 1.165) is 10.6 Å². The number of amides is 1. The van der Waals surface area contributed by atoms with Crippen molar-refractivity contribution in [2.24, 2.45) is 0 Å². The van der Waals surface area contributed by atoms with Crippen molar-refractivity contribution in [3.8, 4) is 5.88 Å². The second kappa shape index (κ2) is 6.93. The number of hydrogen-bond acceptors (Lipinski definition) is 7. The van der Waals surface area contributed by atoms with E-state index in [1.165, 1.54) is 23.7 Å². The molecule has 2 aromatic heterocycles. The van der Waals surface area contributed by atoms with Crippen molar-refractivity contribution in [3.05, 3.63) is 59.0 Å². The van der Waals surface area contributed by atoms with Gasteiger partial charge in [0.15, 0.2) is 0 Å². The Morgan fingerprint density at radius 1 is 1.22 bits per heavy atom. The van der Waals surface area contributed by atoms with E-state index in [-0.39, 0.29) is 11.6 Å². The van der Waals surface area contributed by atoms with Gasteiger partial charge in [-0.2, -0.15) is 0 Å². The lowest BCUT2D eigenvalue weighted by Gasteiger charge is -2.06. The summed E-state index contributed by atoms with van der Waals surface area (Å²) in [6.45, 7) is 2.18.